The van der Waals surface area contributed by atoms with E-state index in [9.17, 15) is 0 Å². The monoisotopic (exact) mass is 462 g/mol. The second-order valence-corrected chi connectivity index (χ2v) is 0. The van der Waals surface area contributed by atoms with Crippen LogP contribution in [0.15, 0.2) is 0 Å². The van der Waals surface area contributed by atoms with E-state index in [1.807, 2.05) is 0 Å². The molecule has 0 N–H and O–H groups in total. The van der Waals surface area contributed by atoms with Gasteiger partial charge in [-0.2, -0.15) is 0 Å². The van der Waals surface area contributed by atoms with E-state index < -0.39 is 0 Å². The van der Waals surface area contributed by atoms with Gasteiger partial charge in [-0.1, -0.05) is 0 Å². The summed E-state index contributed by atoms with van der Waals surface area (Å²) in [5.74, 6) is 0. The number of hydrogen-bond donors (Lipinski definition) is 0. The molecule has 0 aromatic rings. The first-order chi connectivity index (χ1) is 0. The summed E-state index contributed by atoms with van der Waals surface area (Å²) in [5, 5.41) is 0. The molecule has 0 saturated heterocycles. The van der Waals surface area contributed by atoms with E-state index in [0.29, 0.717) is 0 Å². The van der Waals surface area contributed by atoms with Gasteiger partial charge in [0.15, 0.2) is 0 Å². The Hall–Kier alpha value is 3.34. The third-order valence-corrected chi connectivity index (χ3v) is 0. The van der Waals surface area contributed by atoms with Crippen LogP contribution in [0.5, 0.6) is 0 Å². The van der Waals surface area contributed by atoms with Crippen LogP contribution in [0, 0.1) is 0 Å². The number of halogens is 4. The normalized spacial score (nSPS) is 0. The fourth-order valence-corrected chi connectivity index (χ4v) is 0. The maximum absolute atomic E-state index is 0. The molecular weight excluding hydrogens is 463 g/mol. The van der Waals surface area contributed by atoms with Crippen LogP contribution in [0.25, 0.3) is 0 Å². The van der Waals surface area contributed by atoms with Crippen LogP contribution in [-0.2, 0) is 0 Å². The van der Waals surface area contributed by atoms with E-state index in [0.717, 1.165) is 0 Å². The molecule has 0 rings (SSSR count). The zero-order valence-corrected chi connectivity index (χ0v) is 13.7. The Morgan fingerprint density at radius 3 is 0.667 bits per heavy atom. The maximum Gasteiger partial charge on any atom is 3.00 e. The second-order valence-electron chi connectivity index (χ2n) is 0. The first-order valence-corrected chi connectivity index (χ1v) is 0. The summed E-state index contributed by atoms with van der Waals surface area (Å²) in [4.78, 5) is 0. The Morgan fingerprint density at radius 1 is 0.667 bits per heavy atom. The van der Waals surface area contributed by atoms with E-state index in [1.165, 1.54) is 0 Å². The quantitative estimate of drug-likeness (QED) is 0.314. The second kappa shape index (κ2) is 40.3. The largest absolute Gasteiger partial charge is 3.00 e. The van der Waals surface area contributed by atoms with Crippen LogP contribution in [0.2, 0.25) is 0 Å². The molecule has 6 heteroatoms. The molecule has 0 aliphatic heterocycles. The molecule has 2 radical (unpaired) electrons. The Kier molecular flexibility index (Phi) is 391. The van der Waals surface area contributed by atoms with Crippen molar-refractivity contribution in [3.05, 3.63) is 0 Å². The van der Waals surface area contributed by atoms with Crippen molar-refractivity contribution in [2.24, 2.45) is 0 Å². The summed E-state index contributed by atoms with van der Waals surface area (Å²) in [5.41, 5.74) is 0. The molecule has 0 unspecified atom stereocenters. The average molecular weight is 463 g/mol. The van der Waals surface area contributed by atoms with E-state index in [-0.39, 0.29) is 113 Å². The fraction of sp³-hybridized carbons (Fsp3) is 0. The summed E-state index contributed by atoms with van der Waals surface area (Å²) < 4.78 is 0. The SMILES string of the molecule is [Cl-].[Cl-].[Cl-].[I-].[In+3].[In+]. The third kappa shape index (κ3) is 26.4. The molecule has 0 fully saturated rings. The van der Waals surface area contributed by atoms with Gasteiger partial charge in [-0.3, -0.25) is 0 Å². The van der Waals surface area contributed by atoms with E-state index in [4.69, 9.17) is 0 Å². The molecule has 0 atom stereocenters. The Morgan fingerprint density at radius 2 is 0.667 bits per heavy atom. The Balaban J connectivity index is 0. The van der Waals surface area contributed by atoms with Gasteiger partial charge in [-0.15, -0.1) is 0 Å². The summed E-state index contributed by atoms with van der Waals surface area (Å²) in [6.07, 6.45) is 0. The molecule has 0 amide bonds. The minimum atomic E-state index is 0. The molecule has 0 aromatic carbocycles. The molecule has 0 nitrogen and oxygen atoms in total. The van der Waals surface area contributed by atoms with Crippen molar-refractivity contribution in [2.75, 3.05) is 0 Å². The fourth-order valence-electron chi connectivity index (χ4n) is 0. The zero-order chi connectivity index (χ0) is 0. The van der Waals surface area contributed by atoms with Crippen molar-refractivity contribution in [1.29, 1.82) is 0 Å². The Bertz CT molecular complexity index is 8.75. The van der Waals surface area contributed by atoms with Crippen molar-refractivity contribution in [1.82, 2.24) is 0 Å². The molecule has 0 heterocycles. The summed E-state index contributed by atoms with van der Waals surface area (Å²) in [6, 6.07) is 0. The minimum Gasteiger partial charge on any atom is -1.00 e. The van der Waals surface area contributed by atoms with E-state index in [1.54, 1.807) is 0 Å². The first kappa shape index (κ1) is 58.2. The predicted molar refractivity (Wildman–Crippen MR) is 11.5 cm³/mol. The van der Waals surface area contributed by atoms with Crippen LogP contribution >= 0.6 is 0 Å². The van der Waals surface area contributed by atoms with Crippen LogP contribution in [0.3, 0.4) is 0 Å². The van der Waals surface area contributed by atoms with Gasteiger partial charge in [-0.25, -0.2) is 0 Å². The van der Waals surface area contributed by atoms with E-state index >= 15 is 0 Å². The van der Waals surface area contributed by atoms with Gasteiger partial charge in [0, 0.05) is 0 Å². The Labute approximate surface area is 111 Å². The van der Waals surface area contributed by atoms with Gasteiger partial charge in [0.2, 0.25) is 0 Å². The molecule has 6 heavy (non-hydrogen) atoms. The third-order valence-electron chi connectivity index (χ3n) is 0. The molecule has 0 aromatic heterocycles. The van der Waals surface area contributed by atoms with E-state index in [2.05, 4.69) is 0 Å². The van der Waals surface area contributed by atoms with Gasteiger partial charge < -0.3 is 61.2 Å². The van der Waals surface area contributed by atoms with Crippen LogP contribution in [0.1, 0.15) is 0 Å². The van der Waals surface area contributed by atoms with Crippen LogP contribution in [-0.4, -0.2) is 51.7 Å². The molecule has 0 aliphatic carbocycles. The van der Waals surface area contributed by atoms with Crippen LogP contribution < -0.4 is 61.2 Å². The van der Waals surface area contributed by atoms with Crippen molar-refractivity contribution >= 4 is 51.7 Å². The average Bonchev–Trinajstić information content (AvgIpc) is 0. The van der Waals surface area contributed by atoms with Crippen LogP contribution in [0.4, 0.5) is 0 Å². The van der Waals surface area contributed by atoms with Gasteiger partial charge in [0.1, 0.15) is 0 Å². The minimum absolute atomic E-state index is 0. The number of hydrogen-bond acceptors (Lipinski definition) is 0. The van der Waals surface area contributed by atoms with Gasteiger partial charge in [0.25, 0.3) is 0 Å². The predicted octanol–water partition coefficient (Wildman–Crippen LogP) is -12.7. The summed E-state index contributed by atoms with van der Waals surface area (Å²) >= 11 is 0. The summed E-state index contributed by atoms with van der Waals surface area (Å²) in [6.45, 7) is 0. The summed E-state index contributed by atoms with van der Waals surface area (Å²) in [7, 11) is 0. The van der Waals surface area contributed by atoms with Crippen molar-refractivity contribution in [3.63, 3.8) is 0 Å². The molecule has 0 saturated carbocycles. The molecule has 0 spiro atoms. The molecule has 0 bridgehead atoms. The van der Waals surface area contributed by atoms with Gasteiger partial charge in [0.05, 0.1) is 0 Å². The molecule has 34 valence electrons. The smallest absolute Gasteiger partial charge is 1.00 e. The number of rotatable bonds is 0. The van der Waals surface area contributed by atoms with Gasteiger partial charge >= 0.3 is 51.7 Å². The topological polar surface area (TPSA) is 0 Å². The molecular formula is Cl3IIn2. The van der Waals surface area contributed by atoms with Crippen molar-refractivity contribution in [3.8, 4) is 0 Å². The molecule has 0 aliphatic rings. The maximum atomic E-state index is 0. The first-order valence-electron chi connectivity index (χ1n) is 0. The van der Waals surface area contributed by atoms with Crippen molar-refractivity contribution < 1.29 is 61.2 Å². The standard InChI is InChI=1S/3ClH.HI.2In/h4*1H;;/q;;;;+1;+3/p-4. The zero-order valence-electron chi connectivity index (χ0n) is 2.67. The van der Waals surface area contributed by atoms with Gasteiger partial charge in [-0.05, 0) is 0 Å². The van der Waals surface area contributed by atoms with Crippen molar-refractivity contribution in [2.45, 2.75) is 0 Å².